The Hall–Kier alpha value is -1.11. The highest BCUT2D eigenvalue weighted by Gasteiger charge is 2.13. The third-order valence-corrected chi connectivity index (χ3v) is 3.79. The standard InChI is InChI=1S/C14H18BrClN4O/c1-8-5-9(15)11(6-10(8)16)18-13-20-19-12(21-13)7-17-14(2,3)4/h5-6,17H,7H2,1-4H3,(H,18,20). The van der Waals surface area contributed by atoms with Crippen molar-refractivity contribution in [1.82, 2.24) is 15.5 Å². The molecule has 0 aliphatic rings. The average Bonchev–Trinajstić information content (AvgIpc) is 2.80. The van der Waals surface area contributed by atoms with Crippen molar-refractivity contribution >= 4 is 39.2 Å². The van der Waals surface area contributed by atoms with E-state index >= 15 is 0 Å². The minimum atomic E-state index is -0.00439. The fourth-order valence-corrected chi connectivity index (χ4v) is 2.29. The molecule has 1 aromatic heterocycles. The van der Waals surface area contributed by atoms with Gasteiger partial charge in [-0.2, -0.15) is 0 Å². The van der Waals surface area contributed by atoms with Gasteiger partial charge in [-0.3, -0.25) is 0 Å². The molecule has 7 heteroatoms. The molecule has 0 unspecified atom stereocenters. The number of halogens is 2. The van der Waals surface area contributed by atoms with E-state index in [1.807, 2.05) is 19.1 Å². The summed E-state index contributed by atoms with van der Waals surface area (Å²) in [6, 6.07) is 4.09. The van der Waals surface area contributed by atoms with E-state index in [0.717, 1.165) is 15.7 Å². The van der Waals surface area contributed by atoms with Crippen LogP contribution in [0.1, 0.15) is 32.2 Å². The first-order valence-electron chi connectivity index (χ1n) is 6.55. The Morgan fingerprint density at radius 3 is 2.67 bits per heavy atom. The molecule has 0 atom stereocenters. The van der Waals surface area contributed by atoms with Crippen molar-refractivity contribution in [2.45, 2.75) is 39.8 Å². The van der Waals surface area contributed by atoms with Gasteiger partial charge in [0.1, 0.15) is 0 Å². The molecule has 0 aliphatic carbocycles. The van der Waals surface area contributed by atoms with Gasteiger partial charge in [0.05, 0.1) is 12.2 Å². The van der Waals surface area contributed by atoms with Crippen LogP contribution in [-0.4, -0.2) is 15.7 Å². The maximum atomic E-state index is 6.12. The summed E-state index contributed by atoms with van der Waals surface area (Å²) in [5.74, 6) is 0.529. The molecule has 2 N–H and O–H groups in total. The predicted molar refractivity (Wildman–Crippen MR) is 88.1 cm³/mol. The average molecular weight is 374 g/mol. The first kappa shape index (κ1) is 16.3. The van der Waals surface area contributed by atoms with Crippen LogP contribution < -0.4 is 10.6 Å². The summed E-state index contributed by atoms with van der Waals surface area (Å²) in [5, 5.41) is 15.0. The van der Waals surface area contributed by atoms with E-state index in [1.165, 1.54) is 0 Å². The van der Waals surface area contributed by atoms with Crippen LogP contribution in [0, 0.1) is 6.92 Å². The Morgan fingerprint density at radius 1 is 1.29 bits per heavy atom. The van der Waals surface area contributed by atoms with E-state index in [1.54, 1.807) is 0 Å². The summed E-state index contributed by atoms with van der Waals surface area (Å²) >= 11 is 9.60. The molecule has 2 aromatic rings. The molecular weight excluding hydrogens is 356 g/mol. The Bertz CT molecular complexity index is 636. The van der Waals surface area contributed by atoms with Crippen LogP contribution in [0.4, 0.5) is 11.7 Å². The summed E-state index contributed by atoms with van der Waals surface area (Å²) < 4.78 is 6.43. The largest absolute Gasteiger partial charge is 0.406 e. The second-order valence-corrected chi connectivity index (χ2v) is 7.07. The van der Waals surface area contributed by atoms with Crippen molar-refractivity contribution in [3.8, 4) is 0 Å². The third-order valence-electron chi connectivity index (χ3n) is 2.73. The first-order chi connectivity index (χ1) is 9.74. The Kier molecular flexibility index (Phi) is 4.91. The molecule has 0 saturated carbocycles. The van der Waals surface area contributed by atoms with Gasteiger partial charge in [-0.25, -0.2) is 0 Å². The number of nitrogens with one attached hydrogen (secondary N) is 2. The second kappa shape index (κ2) is 6.34. The number of aryl methyl sites for hydroxylation is 1. The molecule has 0 saturated heterocycles. The minimum Gasteiger partial charge on any atom is -0.406 e. The number of benzene rings is 1. The zero-order valence-corrected chi connectivity index (χ0v) is 14.8. The van der Waals surface area contributed by atoms with Crippen molar-refractivity contribution in [3.63, 3.8) is 0 Å². The predicted octanol–water partition coefficient (Wildman–Crippen LogP) is 4.43. The lowest BCUT2D eigenvalue weighted by Crippen LogP contribution is -2.35. The quantitative estimate of drug-likeness (QED) is 0.830. The Labute approximate surface area is 137 Å². The number of hydrogen-bond acceptors (Lipinski definition) is 5. The van der Waals surface area contributed by atoms with Crippen LogP contribution in [0.25, 0.3) is 0 Å². The van der Waals surface area contributed by atoms with Crippen molar-refractivity contribution in [1.29, 1.82) is 0 Å². The first-order valence-corrected chi connectivity index (χ1v) is 7.72. The highest BCUT2D eigenvalue weighted by molar-refractivity contribution is 9.10. The van der Waals surface area contributed by atoms with Crippen LogP contribution in [0.5, 0.6) is 0 Å². The van der Waals surface area contributed by atoms with E-state index < -0.39 is 0 Å². The number of hydrogen-bond donors (Lipinski definition) is 2. The third kappa shape index (κ3) is 4.69. The molecule has 0 aliphatic heterocycles. The van der Waals surface area contributed by atoms with E-state index in [2.05, 4.69) is 57.5 Å². The van der Waals surface area contributed by atoms with Gasteiger partial charge in [-0.1, -0.05) is 16.7 Å². The Morgan fingerprint density at radius 2 is 2.00 bits per heavy atom. The van der Waals surface area contributed by atoms with Crippen molar-refractivity contribution in [2.24, 2.45) is 0 Å². The maximum absolute atomic E-state index is 6.12. The maximum Gasteiger partial charge on any atom is 0.320 e. The molecule has 2 rings (SSSR count). The van der Waals surface area contributed by atoms with E-state index in [9.17, 15) is 0 Å². The molecular formula is C14H18BrClN4O. The minimum absolute atomic E-state index is 0.00439. The van der Waals surface area contributed by atoms with Gasteiger partial charge in [-0.05, 0) is 61.3 Å². The lowest BCUT2D eigenvalue weighted by atomic mass is 10.1. The Balaban J connectivity index is 2.07. The number of rotatable bonds is 4. The molecule has 0 spiro atoms. The molecule has 0 radical (unpaired) electrons. The topological polar surface area (TPSA) is 63.0 Å². The molecule has 114 valence electrons. The lowest BCUT2D eigenvalue weighted by Gasteiger charge is -2.18. The van der Waals surface area contributed by atoms with Gasteiger partial charge in [0.2, 0.25) is 5.89 Å². The molecule has 0 bridgehead atoms. The zero-order chi connectivity index (χ0) is 15.6. The van der Waals surface area contributed by atoms with E-state index in [0.29, 0.717) is 23.5 Å². The normalized spacial score (nSPS) is 11.7. The summed E-state index contributed by atoms with van der Waals surface area (Å²) in [6.45, 7) is 8.70. The molecule has 5 nitrogen and oxygen atoms in total. The van der Waals surface area contributed by atoms with Gasteiger partial charge in [0.25, 0.3) is 0 Å². The lowest BCUT2D eigenvalue weighted by molar-refractivity contribution is 0.384. The van der Waals surface area contributed by atoms with E-state index in [-0.39, 0.29) is 5.54 Å². The fraction of sp³-hybridized carbons (Fsp3) is 0.429. The van der Waals surface area contributed by atoms with Crippen LogP contribution in [-0.2, 0) is 6.54 Å². The molecule has 0 fully saturated rings. The van der Waals surface area contributed by atoms with Crippen LogP contribution in [0.15, 0.2) is 21.0 Å². The van der Waals surface area contributed by atoms with Gasteiger partial charge in [-0.15, -0.1) is 5.10 Å². The SMILES string of the molecule is Cc1cc(Br)c(Nc2nnc(CNC(C)(C)C)o2)cc1Cl. The summed E-state index contributed by atoms with van der Waals surface area (Å²) in [4.78, 5) is 0. The smallest absolute Gasteiger partial charge is 0.320 e. The number of aromatic nitrogens is 2. The van der Waals surface area contributed by atoms with Crippen molar-refractivity contribution in [3.05, 3.63) is 33.1 Å². The van der Waals surface area contributed by atoms with Crippen LogP contribution in [0.2, 0.25) is 5.02 Å². The monoisotopic (exact) mass is 372 g/mol. The second-order valence-electron chi connectivity index (χ2n) is 5.81. The van der Waals surface area contributed by atoms with Gasteiger partial charge < -0.3 is 15.1 Å². The van der Waals surface area contributed by atoms with Gasteiger partial charge in [0, 0.05) is 15.0 Å². The zero-order valence-electron chi connectivity index (χ0n) is 12.4. The molecule has 0 amide bonds. The summed E-state index contributed by atoms with van der Waals surface area (Å²) in [6.07, 6.45) is 0. The number of anilines is 2. The fourth-order valence-electron chi connectivity index (χ4n) is 1.57. The summed E-state index contributed by atoms with van der Waals surface area (Å²) in [5.41, 5.74) is 1.77. The molecule has 1 heterocycles. The van der Waals surface area contributed by atoms with Gasteiger partial charge in [0.15, 0.2) is 0 Å². The highest BCUT2D eigenvalue weighted by atomic mass is 79.9. The summed E-state index contributed by atoms with van der Waals surface area (Å²) in [7, 11) is 0. The highest BCUT2D eigenvalue weighted by Crippen LogP contribution is 2.31. The van der Waals surface area contributed by atoms with Gasteiger partial charge >= 0.3 is 6.01 Å². The van der Waals surface area contributed by atoms with Crippen LogP contribution >= 0.6 is 27.5 Å². The van der Waals surface area contributed by atoms with Crippen molar-refractivity contribution < 1.29 is 4.42 Å². The molecule has 21 heavy (non-hydrogen) atoms. The van der Waals surface area contributed by atoms with Crippen molar-refractivity contribution in [2.75, 3.05) is 5.32 Å². The molecule has 1 aromatic carbocycles. The number of nitrogens with zero attached hydrogens (tertiary/aromatic N) is 2. The van der Waals surface area contributed by atoms with Crippen LogP contribution in [0.3, 0.4) is 0 Å². The van der Waals surface area contributed by atoms with E-state index in [4.69, 9.17) is 16.0 Å².